The number of nitrogens with one attached hydrogen (secondary N) is 3. The van der Waals surface area contributed by atoms with E-state index in [1.165, 1.54) is 19.4 Å². The molecular formula is C22H19ClN4O5S. The minimum absolute atomic E-state index is 0.0106. The highest BCUT2D eigenvalue weighted by Crippen LogP contribution is 2.28. The zero-order chi connectivity index (χ0) is 23.4. The zero-order valence-electron chi connectivity index (χ0n) is 17.3. The zero-order valence-corrected chi connectivity index (χ0v) is 18.9. The van der Waals surface area contributed by atoms with Crippen molar-refractivity contribution in [3.63, 3.8) is 0 Å². The Bertz CT molecular complexity index is 1420. The number of aromatic nitrogens is 1. The molecule has 0 unspecified atom stereocenters. The maximum absolute atomic E-state index is 13.0. The molecule has 4 aromatic rings. The van der Waals surface area contributed by atoms with Crippen LogP contribution < -0.4 is 20.1 Å². The first-order chi connectivity index (χ1) is 15.9. The molecule has 9 nitrogen and oxygen atoms in total. The van der Waals surface area contributed by atoms with Gasteiger partial charge >= 0.3 is 0 Å². The van der Waals surface area contributed by atoms with E-state index in [0.29, 0.717) is 33.1 Å². The number of halogens is 1. The first-order valence-corrected chi connectivity index (χ1v) is 11.6. The molecule has 3 aromatic carbocycles. The minimum Gasteiger partial charge on any atom is -0.495 e. The van der Waals surface area contributed by atoms with Gasteiger partial charge in [-0.3, -0.25) is 9.52 Å². The van der Waals surface area contributed by atoms with Crippen LogP contribution in [0.5, 0.6) is 5.75 Å². The van der Waals surface area contributed by atoms with Gasteiger partial charge in [-0.25, -0.2) is 8.42 Å². The lowest BCUT2D eigenvalue weighted by molar-refractivity contribution is -0.114. The van der Waals surface area contributed by atoms with E-state index < -0.39 is 15.9 Å². The molecule has 0 aliphatic heterocycles. The first kappa shape index (κ1) is 22.4. The van der Waals surface area contributed by atoms with Gasteiger partial charge in [0.25, 0.3) is 10.0 Å². The Morgan fingerprint density at radius 1 is 1.09 bits per heavy atom. The van der Waals surface area contributed by atoms with E-state index in [1.807, 2.05) is 0 Å². The van der Waals surface area contributed by atoms with Gasteiger partial charge in [-0.05, 0) is 48.5 Å². The van der Waals surface area contributed by atoms with Crippen molar-refractivity contribution in [3.05, 3.63) is 71.9 Å². The second-order valence-electron chi connectivity index (χ2n) is 6.93. The van der Waals surface area contributed by atoms with Crippen molar-refractivity contribution < 1.29 is 22.5 Å². The number of anilines is 3. The molecule has 11 heteroatoms. The number of benzene rings is 3. The lowest BCUT2D eigenvalue weighted by Gasteiger charge is -2.15. The minimum atomic E-state index is -3.95. The Morgan fingerprint density at radius 3 is 2.73 bits per heavy atom. The van der Waals surface area contributed by atoms with Gasteiger partial charge < -0.3 is 19.9 Å². The highest BCUT2D eigenvalue weighted by Gasteiger charge is 2.19. The Hall–Kier alpha value is -3.76. The van der Waals surface area contributed by atoms with Gasteiger partial charge in [0, 0.05) is 16.1 Å². The van der Waals surface area contributed by atoms with Crippen LogP contribution in [-0.2, 0) is 14.8 Å². The molecule has 1 heterocycles. The van der Waals surface area contributed by atoms with Crippen LogP contribution in [-0.4, -0.2) is 33.1 Å². The van der Waals surface area contributed by atoms with E-state index in [1.54, 1.807) is 54.6 Å². The molecule has 0 spiro atoms. The van der Waals surface area contributed by atoms with Gasteiger partial charge in [0.15, 0.2) is 5.58 Å². The van der Waals surface area contributed by atoms with Crippen LogP contribution in [0, 0.1) is 0 Å². The van der Waals surface area contributed by atoms with Crippen molar-refractivity contribution in [3.8, 4) is 5.75 Å². The van der Waals surface area contributed by atoms with Crippen LogP contribution in [0.2, 0.25) is 5.02 Å². The molecule has 0 radical (unpaired) electrons. The van der Waals surface area contributed by atoms with Crippen molar-refractivity contribution in [2.75, 3.05) is 29.0 Å². The van der Waals surface area contributed by atoms with Gasteiger partial charge in [0.05, 0.1) is 31.2 Å². The molecular weight excluding hydrogens is 468 g/mol. The summed E-state index contributed by atoms with van der Waals surface area (Å²) in [5.41, 5.74) is 1.57. The molecule has 1 aromatic heterocycles. The molecule has 0 aliphatic carbocycles. The first-order valence-electron chi connectivity index (χ1n) is 9.69. The van der Waals surface area contributed by atoms with Gasteiger partial charge in [-0.1, -0.05) is 28.9 Å². The van der Waals surface area contributed by atoms with E-state index in [0.717, 1.165) is 0 Å². The predicted octanol–water partition coefficient (Wildman–Crippen LogP) is 4.34. The molecule has 1 amide bonds. The quantitative estimate of drug-likeness (QED) is 0.338. The van der Waals surface area contributed by atoms with Gasteiger partial charge in [-0.2, -0.15) is 0 Å². The number of fused-ring (bicyclic) bond motifs is 1. The molecule has 0 saturated heterocycles. The van der Waals surface area contributed by atoms with E-state index >= 15 is 0 Å². The van der Waals surface area contributed by atoms with Crippen molar-refractivity contribution in [2.45, 2.75) is 4.90 Å². The molecule has 0 saturated carbocycles. The Balaban J connectivity index is 1.49. The highest BCUT2D eigenvalue weighted by atomic mass is 35.5. The standard InChI is InChI=1S/C22H19ClN4O5S/c1-31-20-8-6-15(23)11-18(20)26-22(28)13-24-17-4-2-3-5-21(17)33(29,30)27-16-7-9-19-14(10-16)12-25-32-19/h2-12,24,27H,13H2,1H3,(H,26,28). The summed E-state index contributed by atoms with van der Waals surface area (Å²) in [4.78, 5) is 12.5. The number of rotatable bonds is 8. The summed E-state index contributed by atoms with van der Waals surface area (Å²) >= 11 is 5.99. The lowest BCUT2D eigenvalue weighted by atomic mass is 10.2. The normalized spacial score (nSPS) is 11.2. The fourth-order valence-electron chi connectivity index (χ4n) is 3.14. The largest absolute Gasteiger partial charge is 0.495 e. The van der Waals surface area contributed by atoms with Crippen molar-refractivity contribution >= 4 is 55.6 Å². The molecule has 4 rings (SSSR count). The summed E-state index contributed by atoms with van der Waals surface area (Å²) in [7, 11) is -2.47. The smallest absolute Gasteiger partial charge is 0.263 e. The summed E-state index contributed by atoms with van der Waals surface area (Å²) in [6.45, 7) is -0.186. The van der Waals surface area contributed by atoms with Crippen LogP contribution in [0.3, 0.4) is 0 Å². The number of methoxy groups -OCH3 is 1. The molecule has 0 aliphatic rings. The third kappa shape index (κ3) is 5.18. The number of sulfonamides is 1. The molecule has 0 atom stereocenters. The summed E-state index contributed by atoms with van der Waals surface area (Å²) in [6.07, 6.45) is 1.50. The average Bonchev–Trinajstić information content (AvgIpc) is 3.26. The topological polar surface area (TPSA) is 123 Å². The summed E-state index contributed by atoms with van der Waals surface area (Å²) < 4.78 is 38.8. The Labute approximate surface area is 194 Å². The van der Waals surface area contributed by atoms with Crippen LogP contribution in [0.1, 0.15) is 0 Å². The fraction of sp³-hybridized carbons (Fsp3) is 0.0909. The van der Waals surface area contributed by atoms with Crippen molar-refractivity contribution in [1.82, 2.24) is 5.16 Å². The maximum atomic E-state index is 13.0. The number of ether oxygens (including phenoxy) is 1. The third-order valence-corrected chi connectivity index (χ3v) is 6.33. The maximum Gasteiger partial charge on any atom is 0.263 e. The van der Waals surface area contributed by atoms with Crippen molar-refractivity contribution in [1.29, 1.82) is 0 Å². The molecule has 170 valence electrons. The SMILES string of the molecule is COc1ccc(Cl)cc1NC(=O)CNc1ccccc1S(=O)(=O)Nc1ccc2oncc2c1. The lowest BCUT2D eigenvalue weighted by Crippen LogP contribution is -2.23. The van der Waals surface area contributed by atoms with E-state index in [9.17, 15) is 13.2 Å². The highest BCUT2D eigenvalue weighted by molar-refractivity contribution is 7.92. The summed E-state index contributed by atoms with van der Waals surface area (Å²) in [6, 6.07) is 15.9. The number of hydrogen-bond acceptors (Lipinski definition) is 7. The van der Waals surface area contributed by atoms with Gasteiger partial charge in [0.2, 0.25) is 5.91 Å². The monoisotopic (exact) mass is 486 g/mol. The second-order valence-corrected chi connectivity index (χ2v) is 9.01. The molecule has 33 heavy (non-hydrogen) atoms. The van der Waals surface area contributed by atoms with Gasteiger partial charge in [-0.15, -0.1) is 0 Å². The van der Waals surface area contributed by atoms with E-state index in [4.69, 9.17) is 20.9 Å². The van der Waals surface area contributed by atoms with Crippen LogP contribution in [0.4, 0.5) is 17.1 Å². The van der Waals surface area contributed by atoms with E-state index in [-0.39, 0.29) is 17.1 Å². The second kappa shape index (κ2) is 9.39. The number of carbonyl (C=O) groups is 1. The molecule has 0 bridgehead atoms. The van der Waals surface area contributed by atoms with Crippen molar-refractivity contribution in [2.24, 2.45) is 0 Å². The summed E-state index contributed by atoms with van der Waals surface area (Å²) in [5.74, 6) is 0.0401. The summed E-state index contributed by atoms with van der Waals surface area (Å²) in [5, 5.41) is 10.3. The van der Waals surface area contributed by atoms with Gasteiger partial charge in [0.1, 0.15) is 10.6 Å². The van der Waals surface area contributed by atoms with E-state index in [2.05, 4.69) is 20.5 Å². The van der Waals surface area contributed by atoms with Crippen LogP contribution in [0.15, 0.2) is 76.3 Å². The number of amides is 1. The Morgan fingerprint density at radius 2 is 1.91 bits per heavy atom. The predicted molar refractivity (Wildman–Crippen MR) is 126 cm³/mol. The molecule has 3 N–H and O–H groups in total. The number of nitrogens with zero attached hydrogens (tertiary/aromatic N) is 1. The number of hydrogen-bond donors (Lipinski definition) is 3. The fourth-order valence-corrected chi connectivity index (χ4v) is 4.55. The third-order valence-electron chi connectivity index (χ3n) is 4.66. The molecule has 0 fully saturated rings. The van der Waals surface area contributed by atoms with Crippen LogP contribution >= 0.6 is 11.6 Å². The number of para-hydroxylation sites is 1. The Kier molecular flexibility index (Phi) is 6.38. The average molecular weight is 487 g/mol. The number of carbonyl (C=O) groups excluding carboxylic acids is 1. The van der Waals surface area contributed by atoms with Crippen LogP contribution in [0.25, 0.3) is 11.0 Å².